The SMILES string of the molecule is Cc1noc(C)c1C(C)CC(=O)N[C@@H](C)C(=O)O. The Balaban J connectivity index is 2.63. The zero-order valence-electron chi connectivity index (χ0n) is 11.0. The first-order chi connectivity index (χ1) is 8.32. The van der Waals surface area contributed by atoms with E-state index in [2.05, 4.69) is 10.5 Å². The van der Waals surface area contributed by atoms with Crippen LogP contribution >= 0.6 is 0 Å². The number of carbonyl (C=O) groups is 2. The van der Waals surface area contributed by atoms with Gasteiger partial charge in [0.1, 0.15) is 11.8 Å². The minimum Gasteiger partial charge on any atom is -0.480 e. The molecule has 6 heteroatoms. The fourth-order valence-electron chi connectivity index (χ4n) is 1.94. The molecule has 1 heterocycles. The van der Waals surface area contributed by atoms with Crippen LogP contribution < -0.4 is 5.32 Å². The van der Waals surface area contributed by atoms with E-state index in [-0.39, 0.29) is 18.2 Å². The van der Waals surface area contributed by atoms with Crippen LogP contribution in [0.25, 0.3) is 0 Å². The number of carbonyl (C=O) groups excluding carboxylic acids is 1. The Morgan fingerprint density at radius 2 is 2.00 bits per heavy atom. The summed E-state index contributed by atoms with van der Waals surface area (Å²) in [5.41, 5.74) is 1.67. The zero-order valence-corrected chi connectivity index (χ0v) is 11.0. The third-order valence-electron chi connectivity index (χ3n) is 2.82. The van der Waals surface area contributed by atoms with E-state index in [1.54, 1.807) is 6.92 Å². The Kier molecular flexibility index (Phi) is 4.47. The molecule has 0 aromatic carbocycles. The van der Waals surface area contributed by atoms with E-state index in [9.17, 15) is 9.59 Å². The molecule has 2 atom stereocenters. The number of hydrogen-bond acceptors (Lipinski definition) is 4. The molecule has 1 rings (SSSR count). The minimum absolute atomic E-state index is 0.0581. The van der Waals surface area contributed by atoms with Crippen LogP contribution in [-0.4, -0.2) is 28.2 Å². The molecule has 1 amide bonds. The van der Waals surface area contributed by atoms with Crippen LogP contribution in [0.2, 0.25) is 0 Å². The maximum Gasteiger partial charge on any atom is 0.325 e. The largest absolute Gasteiger partial charge is 0.480 e. The van der Waals surface area contributed by atoms with Gasteiger partial charge < -0.3 is 14.9 Å². The van der Waals surface area contributed by atoms with Crippen molar-refractivity contribution in [2.75, 3.05) is 0 Å². The van der Waals surface area contributed by atoms with Crippen molar-refractivity contribution in [1.82, 2.24) is 10.5 Å². The van der Waals surface area contributed by atoms with E-state index in [0.717, 1.165) is 11.3 Å². The molecule has 0 aliphatic rings. The quantitative estimate of drug-likeness (QED) is 0.828. The number of aromatic nitrogens is 1. The monoisotopic (exact) mass is 254 g/mol. The standard InChI is InChI=1S/C12H18N2O4/c1-6(11-7(2)14-18-9(11)4)5-10(15)13-8(3)12(16)17/h6,8H,5H2,1-4H3,(H,13,15)(H,16,17)/t6?,8-/m0/s1. The van der Waals surface area contributed by atoms with E-state index >= 15 is 0 Å². The summed E-state index contributed by atoms with van der Waals surface area (Å²) in [5, 5.41) is 15.0. The lowest BCUT2D eigenvalue weighted by Crippen LogP contribution is -2.38. The van der Waals surface area contributed by atoms with Crippen molar-refractivity contribution in [2.45, 2.75) is 46.1 Å². The Labute approximate surface area is 105 Å². The molecule has 0 radical (unpaired) electrons. The first kappa shape index (κ1) is 14.2. The summed E-state index contributed by atoms with van der Waals surface area (Å²) in [4.78, 5) is 22.3. The van der Waals surface area contributed by atoms with Crippen molar-refractivity contribution < 1.29 is 19.2 Å². The second kappa shape index (κ2) is 5.66. The number of nitrogens with zero attached hydrogens (tertiary/aromatic N) is 1. The molecule has 6 nitrogen and oxygen atoms in total. The molecule has 0 aliphatic heterocycles. The highest BCUT2D eigenvalue weighted by Gasteiger charge is 2.21. The highest BCUT2D eigenvalue weighted by atomic mass is 16.5. The highest BCUT2D eigenvalue weighted by Crippen LogP contribution is 2.25. The van der Waals surface area contributed by atoms with E-state index in [0.29, 0.717) is 5.76 Å². The van der Waals surface area contributed by atoms with Crippen LogP contribution in [0.15, 0.2) is 4.52 Å². The minimum atomic E-state index is -1.05. The Morgan fingerprint density at radius 3 is 2.44 bits per heavy atom. The van der Waals surface area contributed by atoms with Crippen LogP contribution in [0.4, 0.5) is 0 Å². The van der Waals surface area contributed by atoms with Gasteiger partial charge in [-0.15, -0.1) is 0 Å². The average Bonchev–Trinajstić information content (AvgIpc) is 2.57. The summed E-state index contributed by atoms with van der Waals surface area (Å²) < 4.78 is 5.04. The number of rotatable bonds is 5. The summed E-state index contributed by atoms with van der Waals surface area (Å²) >= 11 is 0. The summed E-state index contributed by atoms with van der Waals surface area (Å²) in [7, 11) is 0. The molecular formula is C12H18N2O4. The van der Waals surface area contributed by atoms with Crippen molar-refractivity contribution >= 4 is 11.9 Å². The Bertz CT molecular complexity index is 433. The third-order valence-corrected chi connectivity index (χ3v) is 2.82. The molecule has 0 bridgehead atoms. The van der Waals surface area contributed by atoms with E-state index in [1.807, 2.05) is 13.8 Å². The molecule has 1 aromatic rings. The number of hydrogen-bond donors (Lipinski definition) is 2. The van der Waals surface area contributed by atoms with Gasteiger partial charge in [-0.05, 0) is 26.7 Å². The molecule has 0 saturated carbocycles. The average molecular weight is 254 g/mol. The predicted molar refractivity (Wildman–Crippen MR) is 64.2 cm³/mol. The zero-order chi connectivity index (χ0) is 13.9. The second-order valence-electron chi connectivity index (χ2n) is 4.47. The summed E-state index contributed by atoms with van der Waals surface area (Å²) in [5.74, 6) is -0.706. The molecule has 0 aliphatic carbocycles. The maximum absolute atomic E-state index is 11.7. The Morgan fingerprint density at radius 1 is 1.39 bits per heavy atom. The first-order valence-electron chi connectivity index (χ1n) is 5.77. The van der Waals surface area contributed by atoms with Gasteiger partial charge in [0.15, 0.2) is 0 Å². The first-order valence-corrected chi connectivity index (χ1v) is 5.77. The third kappa shape index (κ3) is 3.32. The van der Waals surface area contributed by atoms with Crippen molar-refractivity contribution in [2.24, 2.45) is 0 Å². The topological polar surface area (TPSA) is 92.4 Å². The van der Waals surface area contributed by atoms with Gasteiger partial charge in [-0.3, -0.25) is 9.59 Å². The molecular weight excluding hydrogens is 236 g/mol. The number of carboxylic acid groups (broad SMARTS) is 1. The van der Waals surface area contributed by atoms with Gasteiger partial charge in [-0.25, -0.2) is 0 Å². The van der Waals surface area contributed by atoms with Crippen LogP contribution in [0.1, 0.15) is 43.2 Å². The summed E-state index contributed by atoms with van der Waals surface area (Å²) in [6.07, 6.45) is 0.209. The second-order valence-corrected chi connectivity index (χ2v) is 4.47. The van der Waals surface area contributed by atoms with E-state index < -0.39 is 12.0 Å². The van der Waals surface area contributed by atoms with Gasteiger partial charge in [-0.2, -0.15) is 0 Å². The van der Waals surface area contributed by atoms with Crippen LogP contribution in [0.5, 0.6) is 0 Å². The lowest BCUT2D eigenvalue weighted by Gasteiger charge is -2.13. The molecule has 0 fully saturated rings. The van der Waals surface area contributed by atoms with Gasteiger partial charge in [0.05, 0.1) is 5.69 Å². The molecule has 1 unspecified atom stereocenters. The fraction of sp³-hybridized carbons (Fsp3) is 0.583. The maximum atomic E-state index is 11.7. The number of nitrogens with one attached hydrogen (secondary N) is 1. The molecule has 0 spiro atoms. The molecule has 0 saturated heterocycles. The van der Waals surface area contributed by atoms with E-state index in [4.69, 9.17) is 9.63 Å². The normalized spacial score (nSPS) is 14.0. The summed E-state index contributed by atoms with van der Waals surface area (Å²) in [6.45, 7) is 6.93. The van der Waals surface area contributed by atoms with Gasteiger partial charge >= 0.3 is 5.97 Å². The van der Waals surface area contributed by atoms with Crippen molar-refractivity contribution in [3.8, 4) is 0 Å². The highest BCUT2D eigenvalue weighted by molar-refractivity contribution is 5.83. The van der Waals surface area contributed by atoms with Crippen molar-refractivity contribution in [1.29, 1.82) is 0 Å². The van der Waals surface area contributed by atoms with E-state index in [1.165, 1.54) is 6.92 Å². The lowest BCUT2D eigenvalue weighted by atomic mass is 9.96. The lowest BCUT2D eigenvalue weighted by molar-refractivity contribution is -0.141. The number of aliphatic carboxylic acids is 1. The van der Waals surface area contributed by atoms with Crippen molar-refractivity contribution in [3.05, 3.63) is 17.0 Å². The van der Waals surface area contributed by atoms with Gasteiger partial charge in [0.25, 0.3) is 0 Å². The predicted octanol–water partition coefficient (Wildman–Crippen LogP) is 1.37. The van der Waals surface area contributed by atoms with Gasteiger partial charge in [0.2, 0.25) is 5.91 Å². The Hall–Kier alpha value is -1.85. The number of carboxylic acids is 1. The molecule has 18 heavy (non-hydrogen) atoms. The summed E-state index contributed by atoms with van der Waals surface area (Å²) in [6, 6.07) is -0.880. The number of aryl methyl sites for hydroxylation is 2. The number of amides is 1. The van der Waals surface area contributed by atoms with Gasteiger partial charge in [0, 0.05) is 12.0 Å². The fourth-order valence-corrected chi connectivity index (χ4v) is 1.94. The van der Waals surface area contributed by atoms with Gasteiger partial charge in [-0.1, -0.05) is 12.1 Å². The molecule has 100 valence electrons. The van der Waals surface area contributed by atoms with Crippen molar-refractivity contribution in [3.63, 3.8) is 0 Å². The van der Waals surface area contributed by atoms with Crippen LogP contribution in [-0.2, 0) is 9.59 Å². The smallest absolute Gasteiger partial charge is 0.325 e. The molecule has 2 N–H and O–H groups in total. The molecule has 1 aromatic heterocycles. The van der Waals surface area contributed by atoms with Crippen LogP contribution in [0.3, 0.4) is 0 Å². The van der Waals surface area contributed by atoms with Crippen LogP contribution in [0, 0.1) is 13.8 Å².